The van der Waals surface area contributed by atoms with Gasteiger partial charge in [-0.25, -0.2) is 0 Å². The quantitative estimate of drug-likeness (QED) is 0.855. The first kappa shape index (κ1) is 10.5. The molecule has 1 heterocycles. The second-order valence-electron chi connectivity index (χ2n) is 5.06. The summed E-state index contributed by atoms with van der Waals surface area (Å²) in [7, 11) is 1.98. The number of hydrogen-bond donors (Lipinski definition) is 1. The average molecular weight is 227 g/mol. The zero-order valence-electron chi connectivity index (χ0n) is 10.3. The fourth-order valence-electron chi connectivity index (χ4n) is 2.34. The highest BCUT2D eigenvalue weighted by Gasteiger charge is 2.43. The molecule has 0 aliphatic heterocycles. The molecule has 0 unspecified atom stereocenters. The third-order valence-electron chi connectivity index (χ3n) is 3.56. The topological polar surface area (TPSA) is 43.8 Å². The predicted octanol–water partition coefficient (Wildman–Crippen LogP) is 2.34. The Morgan fingerprint density at radius 3 is 2.76 bits per heavy atom. The molecule has 1 aliphatic carbocycles. The lowest BCUT2D eigenvalue weighted by atomic mass is 10.00. The molecule has 1 aromatic carbocycles. The van der Waals surface area contributed by atoms with Gasteiger partial charge in [-0.2, -0.15) is 5.10 Å². The third kappa shape index (κ3) is 1.67. The summed E-state index contributed by atoms with van der Waals surface area (Å²) in [5, 5.41) is 4.37. The summed E-state index contributed by atoms with van der Waals surface area (Å²) in [6, 6.07) is 8.50. The van der Waals surface area contributed by atoms with Gasteiger partial charge in [0, 0.05) is 23.7 Å². The van der Waals surface area contributed by atoms with Crippen LogP contribution in [0, 0.1) is 6.92 Å². The van der Waals surface area contributed by atoms with E-state index in [0.29, 0.717) is 0 Å². The van der Waals surface area contributed by atoms with Crippen molar-refractivity contribution < 1.29 is 0 Å². The van der Waals surface area contributed by atoms with Gasteiger partial charge in [0.2, 0.25) is 0 Å². The highest BCUT2D eigenvalue weighted by atomic mass is 15.3. The van der Waals surface area contributed by atoms with Crippen molar-refractivity contribution >= 4 is 0 Å². The molecule has 0 amide bonds. The molecule has 1 fully saturated rings. The summed E-state index contributed by atoms with van der Waals surface area (Å²) in [5.74, 6) is 0. The molecule has 0 bridgehead atoms. The lowest BCUT2D eigenvalue weighted by Crippen LogP contribution is -2.19. The SMILES string of the molecule is Cc1cccc(-c2c(C3(N)CC3)cnn2C)c1. The van der Waals surface area contributed by atoms with Crippen molar-refractivity contribution in [3.8, 4) is 11.3 Å². The van der Waals surface area contributed by atoms with E-state index in [2.05, 4.69) is 36.3 Å². The van der Waals surface area contributed by atoms with Gasteiger partial charge >= 0.3 is 0 Å². The lowest BCUT2D eigenvalue weighted by Gasteiger charge is -2.11. The standard InChI is InChI=1S/C14H17N3/c1-10-4-3-5-11(8-10)13-12(9-16-17(13)2)14(15)6-7-14/h3-5,8-9H,6-7,15H2,1-2H3. The number of rotatable bonds is 2. The van der Waals surface area contributed by atoms with Gasteiger partial charge in [0.15, 0.2) is 0 Å². The Kier molecular flexibility index (Phi) is 2.13. The number of benzene rings is 1. The molecule has 88 valence electrons. The summed E-state index contributed by atoms with van der Waals surface area (Å²) in [6.45, 7) is 2.11. The number of aryl methyl sites for hydroxylation is 2. The number of nitrogens with two attached hydrogens (primary N) is 1. The number of hydrogen-bond acceptors (Lipinski definition) is 2. The van der Waals surface area contributed by atoms with Crippen molar-refractivity contribution in [2.75, 3.05) is 0 Å². The molecular weight excluding hydrogens is 210 g/mol. The van der Waals surface area contributed by atoms with Gasteiger partial charge in [-0.15, -0.1) is 0 Å². The largest absolute Gasteiger partial charge is 0.321 e. The maximum Gasteiger partial charge on any atom is 0.0729 e. The highest BCUT2D eigenvalue weighted by molar-refractivity contribution is 5.66. The van der Waals surface area contributed by atoms with Crippen molar-refractivity contribution in [1.29, 1.82) is 0 Å². The Morgan fingerprint density at radius 1 is 1.35 bits per heavy atom. The Morgan fingerprint density at radius 2 is 2.12 bits per heavy atom. The van der Waals surface area contributed by atoms with Crippen LogP contribution in [-0.2, 0) is 12.6 Å². The van der Waals surface area contributed by atoms with E-state index >= 15 is 0 Å². The minimum absolute atomic E-state index is 0.132. The Bertz CT molecular complexity index is 565. The van der Waals surface area contributed by atoms with Gasteiger partial charge < -0.3 is 5.73 Å². The lowest BCUT2D eigenvalue weighted by molar-refractivity contribution is 0.737. The monoisotopic (exact) mass is 227 g/mol. The summed E-state index contributed by atoms with van der Waals surface area (Å²) < 4.78 is 1.93. The van der Waals surface area contributed by atoms with Crippen molar-refractivity contribution in [3.05, 3.63) is 41.6 Å². The van der Waals surface area contributed by atoms with Crippen LogP contribution in [0.2, 0.25) is 0 Å². The molecule has 0 radical (unpaired) electrons. The van der Waals surface area contributed by atoms with Gasteiger partial charge in [0.05, 0.1) is 11.9 Å². The van der Waals surface area contributed by atoms with Crippen LogP contribution < -0.4 is 5.73 Å². The number of nitrogens with zero attached hydrogens (tertiary/aromatic N) is 2. The summed E-state index contributed by atoms with van der Waals surface area (Å²) in [5.41, 5.74) is 11.0. The first-order valence-electron chi connectivity index (χ1n) is 5.98. The molecule has 1 aromatic heterocycles. The van der Waals surface area contributed by atoms with E-state index in [1.54, 1.807) is 0 Å². The molecule has 2 aromatic rings. The third-order valence-corrected chi connectivity index (χ3v) is 3.56. The molecule has 2 N–H and O–H groups in total. The van der Waals surface area contributed by atoms with E-state index in [4.69, 9.17) is 5.73 Å². The zero-order valence-corrected chi connectivity index (χ0v) is 10.3. The van der Waals surface area contributed by atoms with Crippen molar-refractivity contribution in [2.45, 2.75) is 25.3 Å². The first-order chi connectivity index (χ1) is 8.10. The normalized spacial score (nSPS) is 17.1. The minimum atomic E-state index is -0.132. The molecule has 3 nitrogen and oxygen atoms in total. The van der Waals surface area contributed by atoms with Crippen molar-refractivity contribution in [3.63, 3.8) is 0 Å². The smallest absolute Gasteiger partial charge is 0.0729 e. The minimum Gasteiger partial charge on any atom is -0.321 e. The molecule has 0 saturated heterocycles. The van der Waals surface area contributed by atoms with Crippen LogP contribution in [0.1, 0.15) is 24.0 Å². The van der Waals surface area contributed by atoms with Crippen LogP contribution in [0.4, 0.5) is 0 Å². The Balaban J connectivity index is 2.17. The number of aromatic nitrogens is 2. The van der Waals surface area contributed by atoms with Crippen molar-refractivity contribution in [2.24, 2.45) is 12.8 Å². The van der Waals surface area contributed by atoms with Crippen LogP contribution >= 0.6 is 0 Å². The maximum absolute atomic E-state index is 6.30. The predicted molar refractivity (Wildman–Crippen MR) is 68.5 cm³/mol. The maximum atomic E-state index is 6.30. The molecule has 1 aliphatic rings. The fourth-order valence-corrected chi connectivity index (χ4v) is 2.34. The van der Waals surface area contributed by atoms with E-state index in [1.807, 2.05) is 17.9 Å². The molecule has 0 atom stereocenters. The van der Waals surface area contributed by atoms with Gasteiger partial charge in [-0.05, 0) is 25.8 Å². The molecule has 3 rings (SSSR count). The summed E-state index contributed by atoms with van der Waals surface area (Å²) in [6.07, 6.45) is 4.06. The summed E-state index contributed by atoms with van der Waals surface area (Å²) >= 11 is 0. The van der Waals surface area contributed by atoms with E-state index in [0.717, 1.165) is 18.5 Å². The first-order valence-corrected chi connectivity index (χ1v) is 5.98. The second kappa shape index (κ2) is 3.44. The van der Waals surface area contributed by atoms with E-state index < -0.39 is 0 Å². The zero-order chi connectivity index (χ0) is 12.0. The second-order valence-corrected chi connectivity index (χ2v) is 5.06. The van der Waals surface area contributed by atoms with Crippen LogP contribution in [0.25, 0.3) is 11.3 Å². The van der Waals surface area contributed by atoms with Crippen molar-refractivity contribution in [1.82, 2.24) is 9.78 Å². The van der Waals surface area contributed by atoms with Gasteiger partial charge in [-0.3, -0.25) is 4.68 Å². The molecular formula is C14H17N3. The fraction of sp³-hybridized carbons (Fsp3) is 0.357. The Labute approximate surface area is 101 Å². The molecule has 17 heavy (non-hydrogen) atoms. The van der Waals surface area contributed by atoms with Crippen LogP contribution in [0.3, 0.4) is 0 Å². The molecule has 0 spiro atoms. The van der Waals surface area contributed by atoms with Gasteiger partial charge in [0.25, 0.3) is 0 Å². The molecule has 3 heteroatoms. The summed E-state index contributed by atoms with van der Waals surface area (Å²) in [4.78, 5) is 0. The Hall–Kier alpha value is -1.61. The highest BCUT2D eigenvalue weighted by Crippen LogP contribution is 2.46. The van der Waals surface area contributed by atoms with Crippen LogP contribution in [0.5, 0.6) is 0 Å². The van der Waals surface area contributed by atoms with Crippen LogP contribution in [0.15, 0.2) is 30.5 Å². The average Bonchev–Trinajstić information content (AvgIpc) is 2.90. The van der Waals surface area contributed by atoms with E-state index in [1.165, 1.54) is 16.7 Å². The van der Waals surface area contributed by atoms with Crippen LogP contribution in [-0.4, -0.2) is 9.78 Å². The van der Waals surface area contributed by atoms with Gasteiger partial charge in [0.1, 0.15) is 0 Å². The van der Waals surface area contributed by atoms with E-state index in [-0.39, 0.29) is 5.54 Å². The van der Waals surface area contributed by atoms with Gasteiger partial charge in [-0.1, -0.05) is 23.8 Å². The molecule has 1 saturated carbocycles. The van der Waals surface area contributed by atoms with E-state index in [9.17, 15) is 0 Å².